The van der Waals surface area contributed by atoms with E-state index in [-0.39, 0.29) is 5.91 Å². The molecule has 2 N–H and O–H groups in total. The minimum Gasteiger partial charge on any atom is -0.378 e. The van der Waals surface area contributed by atoms with Crippen LogP contribution >= 0.6 is 0 Å². The van der Waals surface area contributed by atoms with Gasteiger partial charge in [-0.15, -0.1) is 0 Å². The first-order valence-corrected chi connectivity index (χ1v) is 8.16. The fraction of sp³-hybridized carbons (Fsp3) is 0.933. The van der Waals surface area contributed by atoms with E-state index in [1.54, 1.807) is 0 Å². The summed E-state index contributed by atoms with van der Waals surface area (Å²) in [5.41, 5.74) is 0. The molecule has 5 heteroatoms. The average molecular weight is 283 g/mol. The Kier molecular flexibility index (Phi) is 7.33. The van der Waals surface area contributed by atoms with Crippen LogP contribution in [0.4, 0.5) is 0 Å². The van der Waals surface area contributed by atoms with Gasteiger partial charge in [-0.2, -0.15) is 0 Å². The lowest BCUT2D eigenvalue weighted by molar-refractivity contribution is -0.122. The minimum absolute atomic E-state index is 0.143. The summed E-state index contributed by atoms with van der Waals surface area (Å²) in [6.45, 7) is 5.96. The Balaban J connectivity index is 1.44. The largest absolute Gasteiger partial charge is 0.378 e. The number of nitrogens with one attached hydrogen (secondary N) is 2. The van der Waals surface area contributed by atoms with Crippen LogP contribution in [0.15, 0.2) is 0 Å². The van der Waals surface area contributed by atoms with Gasteiger partial charge in [0.05, 0.1) is 12.6 Å². The Labute approximate surface area is 122 Å². The maximum atomic E-state index is 11.8. The molecule has 1 saturated carbocycles. The maximum absolute atomic E-state index is 11.8. The highest BCUT2D eigenvalue weighted by Crippen LogP contribution is 2.20. The molecule has 1 aliphatic heterocycles. The number of piperazine rings is 1. The molecule has 0 spiro atoms. The summed E-state index contributed by atoms with van der Waals surface area (Å²) < 4.78 is 5.84. The van der Waals surface area contributed by atoms with Crippen molar-refractivity contribution in [2.45, 2.75) is 44.6 Å². The van der Waals surface area contributed by atoms with Crippen LogP contribution in [0.25, 0.3) is 0 Å². The standard InChI is InChI=1S/C15H29N3O2/c19-15(13-18-10-8-16-9-11-18)17-7-4-12-20-14-5-2-1-3-6-14/h14,16H,1-13H2,(H,17,19). The zero-order valence-corrected chi connectivity index (χ0v) is 12.5. The summed E-state index contributed by atoms with van der Waals surface area (Å²) in [6, 6.07) is 0. The third kappa shape index (κ3) is 6.20. The number of hydrogen-bond acceptors (Lipinski definition) is 4. The van der Waals surface area contributed by atoms with Gasteiger partial charge in [-0.05, 0) is 19.3 Å². The van der Waals surface area contributed by atoms with Gasteiger partial charge in [-0.25, -0.2) is 0 Å². The van der Waals surface area contributed by atoms with E-state index >= 15 is 0 Å². The smallest absolute Gasteiger partial charge is 0.234 e. The van der Waals surface area contributed by atoms with E-state index in [1.807, 2.05) is 0 Å². The first-order chi connectivity index (χ1) is 9.84. The second-order valence-corrected chi connectivity index (χ2v) is 5.86. The molecule has 2 aliphatic rings. The number of ether oxygens (including phenoxy) is 1. The van der Waals surface area contributed by atoms with Gasteiger partial charge >= 0.3 is 0 Å². The van der Waals surface area contributed by atoms with Crippen molar-refractivity contribution in [3.05, 3.63) is 0 Å². The number of nitrogens with zero attached hydrogens (tertiary/aromatic N) is 1. The molecule has 20 heavy (non-hydrogen) atoms. The molecule has 1 aliphatic carbocycles. The van der Waals surface area contributed by atoms with E-state index in [4.69, 9.17) is 4.74 Å². The van der Waals surface area contributed by atoms with Crippen LogP contribution in [0, 0.1) is 0 Å². The van der Waals surface area contributed by atoms with Crippen LogP contribution in [0.1, 0.15) is 38.5 Å². The van der Waals surface area contributed by atoms with Crippen LogP contribution in [-0.4, -0.2) is 62.8 Å². The SMILES string of the molecule is O=C(CN1CCNCC1)NCCCOC1CCCCC1. The Hall–Kier alpha value is -0.650. The van der Waals surface area contributed by atoms with Crippen molar-refractivity contribution in [3.63, 3.8) is 0 Å². The molecule has 5 nitrogen and oxygen atoms in total. The van der Waals surface area contributed by atoms with Crippen molar-refractivity contribution >= 4 is 5.91 Å². The van der Waals surface area contributed by atoms with Gasteiger partial charge in [0.1, 0.15) is 0 Å². The van der Waals surface area contributed by atoms with Gasteiger partial charge in [0.25, 0.3) is 0 Å². The van der Waals surface area contributed by atoms with E-state index in [1.165, 1.54) is 32.1 Å². The van der Waals surface area contributed by atoms with E-state index in [9.17, 15) is 4.79 Å². The summed E-state index contributed by atoms with van der Waals surface area (Å²) >= 11 is 0. The summed E-state index contributed by atoms with van der Waals surface area (Å²) in [6.07, 6.45) is 7.81. The van der Waals surface area contributed by atoms with E-state index < -0.39 is 0 Å². The molecular formula is C15H29N3O2. The zero-order valence-electron chi connectivity index (χ0n) is 12.5. The summed E-state index contributed by atoms with van der Waals surface area (Å²) in [5, 5.41) is 6.28. The summed E-state index contributed by atoms with van der Waals surface area (Å²) in [4.78, 5) is 14.0. The second-order valence-electron chi connectivity index (χ2n) is 5.86. The van der Waals surface area contributed by atoms with Crippen molar-refractivity contribution in [3.8, 4) is 0 Å². The molecule has 0 unspecified atom stereocenters. The Bertz CT molecular complexity index is 274. The number of rotatable bonds is 7. The summed E-state index contributed by atoms with van der Waals surface area (Å²) in [5.74, 6) is 0.143. The molecule has 1 heterocycles. The number of carbonyl (C=O) groups excluding carboxylic acids is 1. The molecule has 0 radical (unpaired) electrons. The molecule has 1 amide bonds. The minimum atomic E-state index is 0.143. The molecular weight excluding hydrogens is 254 g/mol. The van der Waals surface area contributed by atoms with Crippen LogP contribution in [0.5, 0.6) is 0 Å². The highest BCUT2D eigenvalue weighted by atomic mass is 16.5. The van der Waals surface area contributed by atoms with E-state index in [2.05, 4.69) is 15.5 Å². The van der Waals surface area contributed by atoms with Crippen LogP contribution in [-0.2, 0) is 9.53 Å². The average Bonchev–Trinajstić information content (AvgIpc) is 2.49. The highest BCUT2D eigenvalue weighted by Gasteiger charge is 2.14. The zero-order chi connectivity index (χ0) is 14.0. The van der Waals surface area contributed by atoms with E-state index in [0.29, 0.717) is 12.6 Å². The van der Waals surface area contributed by atoms with Crippen molar-refractivity contribution in [1.82, 2.24) is 15.5 Å². The Morgan fingerprint density at radius 3 is 2.70 bits per heavy atom. The molecule has 0 atom stereocenters. The van der Waals surface area contributed by atoms with Gasteiger partial charge < -0.3 is 15.4 Å². The quantitative estimate of drug-likeness (QED) is 0.677. The van der Waals surface area contributed by atoms with Crippen LogP contribution < -0.4 is 10.6 Å². The normalized spacial score (nSPS) is 21.8. The highest BCUT2D eigenvalue weighted by molar-refractivity contribution is 5.77. The third-order valence-corrected chi connectivity index (χ3v) is 4.13. The van der Waals surface area contributed by atoms with Crippen LogP contribution in [0.3, 0.4) is 0 Å². The summed E-state index contributed by atoms with van der Waals surface area (Å²) in [7, 11) is 0. The predicted octanol–water partition coefficient (Wildman–Crippen LogP) is 0.747. The number of hydrogen-bond donors (Lipinski definition) is 2. The first kappa shape index (κ1) is 15.7. The molecule has 0 aromatic rings. The molecule has 2 fully saturated rings. The molecule has 116 valence electrons. The maximum Gasteiger partial charge on any atom is 0.234 e. The number of amides is 1. The molecule has 0 aromatic heterocycles. The topological polar surface area (TPSA) is 53.6 Å². The fourth-order valence-electron chi connectivity index (χ4n) is 2.91. The van der Waals surface area contributed by atoms with Gasteiger partial charge in [0.2, 0.25) is 5.91 Å². The predicted molar refractivity (Wildman–Crippen MR) is 79.8 cm³/mol. The van der Waals surface area contributed by atoms with Gasteiger partial charge in [-0.3, -0.25) is 9.69 Å². The van der Waals surface area contributed by atoms with Gasteiger partial charge in [0, 0.05) is 39.3 Å². The lowest BCUT2D eigenvalue weighted by atomic mass is 9.98. The Morgan fingerprint density at radius 1 is 1.20 bits per heavy atom. The lowest BCUT2D eigenvalue weighted by Crippen LogP contribution is -2.47. The third-order valence-electron chi connectivity index (χ3n) is 4.13. The molecule has 0 bridgehead atoms. The van der Waals surface area contributed by atoms with Crippen molar-refractivity contribution in [1.29, 1.82) is 0 Å². The monoisotopic (exact) mass is 283 g/mol. The van der Waals surface area contributed by atoms with Gasteiger partial charge in [0.15, 0.2) is 0 Å². The second kappa shape index (κ2) is 9.32. The first-order valence-electron chi connectivity index (χ1n) is 8.16. The fourth-order valence-corrected chi connectivity index (χ4v) is 2.91. The van der Waals surface area contributed by atoms with Gasteiger partial charge in [-0.1, -0.05) is 19.3 Å². The van der Waals surface area contributed by atoms with Crippen LogP contribution in [0.2, 0.25) is 0 Å². The number of carbonyl (C=O) groups is 1. The van der Waals surface area contributed by atoms with E-state index in [0.717, 1.165) is 45.8 Å². The lowest BCUT2D eigenvalue weighted by Gasteiger charge is -2.26. The Morgan fingerprint density at radius 2 is 1.95 bits per heavy atom. The van der Waals surface area contributed by atoms with Crippen molar-refractivity contribution in [2.24, 2.45) is 0 Å². The van der Waals surface area contributed by atoms with Crippen molar-refractivity contribution < 1.29 is 9.53 Å². The van der Waals surface area contributed by atoms with Crippen molar-refractivity contribution in [2.75, 3.05) is 45.9 Å². The molecule has 1 saturated heterocycles. The molecule has 0 aromatic carbocycles. The molecule has 2 rings (SSSR count).